The van der Waals surface area contributed by atoms with Crippen LogP contribution in [-0.2, 0) is 16.0 Å². The van der Waals surface area contributed by atoms with Gasteiger partial charge in [-0.25, -0.2) is 0 Å². The predicted octanol–water partition coefficient (Wildman–Crippen LogP) is 1.71. The van der Waals surface area contributed by atoms with Crippen molar-refractivity contribution in [2.75, 3.05) is 26.1 Å². The molecule has 0 aliphatic heterocycles. The highest BCUT2D eigenvalue weighted by atomic mass is 16.5. The summed E-state index contributed by atoms with van der Waals surface area (Å²) >= 11 is 0. The molecule has 7 nitrogen and oxygen atoms in total. The summed E-state index contributed by atoms with van der Waals surface area (Å²) < 4.78 is 10.2. The number of phenolic OH excluding ortho intramolecular Hbond substituents is 1. The van der Waals surface area contributed by atoms with Crippen molar-refractivity contribution in [2.45, 2.75) is 6.42 Å². The molecule has 0 unspecified atom stereocenters. The molecule has 0 aromatic heterocycles. The second-order valence-electron chi connectivity index (χ2n) is 5.19. The normalized spacial score (nSPS) is 10.0. The summed E-state index contributed by atoms with van der Waals surface area (Å²) in [5, 5.41) is 14.3. The highest BCUT2D eigenvalue weighted by Crippen LogP contribution is 2.28. The molecule has 0 spiro atoms. The molecular formula is C18H20N2O5. The highest BCUT2D eigenvalue weighted by molar-refractivity contribution is 6.39. The number of benzene rings is 2. The van der Waals surface area contributed by atoms with E-state index in [-0.39, 0.29) is 5.75 Å². The first-order chi connectivity index (χ1) is 12.0. The lowest BCUT2D eigenvalue weighted by molar-refractivity contribution is -0.136. The number of amides is 2. The van der Waals surface area contributed by atoms with Crippen LogP contribution in [-0.4, -0.2) is 37.7 Å². The van der Waals surface area contributed by atoms with E-state index in [1.54, 1.807) is 42.5 Å². The summed E-state index contributed by atoms with van der Waals surface area (Å²) in [6.07, 6.45) is 0.547. The number of hydrogen-bond acceptors (Lipinski definition) is 5. The molecule has 7 heteroatoms. The summed E-state index contributed by atoms with van der Waals surface area (Å²) in [7, 11) is 2.98. The van der Waals surface area contributed by atoms with Crippen molar-refractivity contribution < 1.29 is 24.2 Å². The molecule has 0 heterocycles. The number of nitrogens with one attached hydrogen (secondary N) is 2. The Morgan fingerprint density at radius 2 is 1.72 bits per heavy atom. The largest absolute Gasteiger partial charge is 0.508 e. The second-order valence-corrected chi connectivity index (χ2v) is 5.19. The fourth-order valence-electron chi connectivity index (χ4n) is 2.14. The maximum atomic E-state index is 12.0. The average molecular weight is 344 g/mol. The van der Waals surface area contributed by atoms with Gasteiger partial charge in [-0.05, 0) is 36.2 Å². The monoisotopic (exact) mass is 344 g/mol. The van der Waals surface area contributed by atoms with E-state index < -0.39 is 11.8 Å². The summed E-state index contributed by atoms with van der Waals surface area (Å²) in [4.78, 5) is 23.9. The van der Waals surface area contributed by atoms with Crippen molar-refractivity contribution in [3.63, 3.8) is 0 Å². The SMILES string of the molecule is COc1ccc(NC(=O)C(=O)NCCc2ccc(O)cc2)c(OC)c1. The van der Waals surface area contributed by atoms with Gasteiger partial charge < -0.3 is 25.2 Å². The van der Waals surface area contributed by atoms with Crippen molar-refractivity contribution in [2.24, 2.45) is 0 Å². The van der Waals surface area contributed by atoms with E-state index in [0.717, 1.165) is 5.56 Å². The zero-order valence-electron chi connectivity index (χ0n) is 14.0. The van der Waals surface area contributed by atoms with Crippen LogP contribution in [0.4, 0.5) is 5.69 Å². The topological polar surface area (TPSA) is 96.9 Å². The van der Waals surface area contributed by atoms with E-state index in [1.165, 1.54) is 14.2 Å². The lowest BCUT2D eigenvalue weighted by Crippen LogP contribution is -2.36. The predicted molar refractivity (Wildman–Crippen MR) is 93.0 cm³/mol. The third kappa shape index (κ3) is 5.13. The molecule has 0 aliphatic rings. The number of methoxy groups -OCH3 is 2. The first-order valence-corrected chi connectivity index (χ1v) is 7.62. The minimum atomic E-state index is -0.783. The van der Waals surface area contributed by atoms with Crippen LogP contribution >= 0.6 is 0 Å². The Labute approximate surface area is 145 Å². The highest BCUT2D eigenvalue weighted by Gasteiger charge is 2.15. The maximum absolute atomic E-state index is 12.0. The van der Waals surface area contributed by atoms with E-state index in [0.29, 0.717) is 30.2 Å². The van der Waals surface area contributed by atoms with Crippen LogP contribution in [0.15, 0.2) is 42.5 Å². The van der Waals surface area contributed by atoms with Gasteiger partial charge in [-0.15, -0.1) is 0 Å². The Morgan fingerprint density at radius 1 is 1.00 bits per heavy atom. The first-order valence-electron chi connectivity index (χ1n) is 7.62. The number of carbonyl (C=O) groups excluding carboxylic acids is 2. The quantitative estimate of drug-likeness (QED) is 0.693. The van der Waals surface area contributed by atoms with Crippen LogP contribution in [0.25, 0.3) is 0 Å². The van der Waals surface area contributed by atoms with Gasteiger partial charge in [0.15, 0.2) is 0 Å². The summed E-state index contributed by atoms with van der Waals surface area (Å²) in [6, 6.07) is 11.5. The van der Waals surface area contributed by atoms with E-state index >= 15 is 0 Å². The Balaban J connectivity index is 1.87. The molecule has 0 saturated heterocycles. The molecule has 0 saturated carbocycles. The lowest BCUT2D eigenvalue weighted by Gasteiger charge is -2.11. The fraction of sp³-hybridized carbons (Fsp3) is 0.222. The van der Waals surface area contributed by atoms with Crippen LogP contribution in [0.2, 0.25) is 0 Å². The summed E-state index contributed by atoms with van der Waals surface area (Å²) in [5.74, 6) is -0.371. The van der Waals surface area contributed by atoms with Gasteiger partial charge >= 0.3 is 11.8 Å². The molecule has 0 bridgehead atoms. The Hall–Kier alpha value is -3.22. The molecule has 3 N–H and O–H groups in total. The summed E-state index contributed by atoms with van der Waals surface area (Å²) in [5.41, 5.74) is 1.32. The molecule has 0 radical (unpaired) electrons. The molecule has 132 valence electrons. The molecular weight excluding hydrogens is 324 g/mol. The molecule has 0 atom stereocenters. The number of phenols is 1. The first kappa shape index (κ1) is 18.1. The number of carbonyl (C=O) groups is 2. The minimum absolute atomic E-state index is 0.181. The Bertz CT molecular complexity index is 744. The van der Waals surface area contributed by atoms with Gasteiger partial charge in [-0.3, -0.25) is 9.59 Å². The van der Waals surface area contributed by atoms with E-state index in [2.05, 4.69) is 10.6 Å². The molecule has 2 aromatic rings. The van der Waals surface area contributed by atoms with Gasteiger partial charge in [0.1, 0.15) is 17.2 Å². The minimum Gasteiger partial charge on any atom is -0.508 e. The van der Waals surface area contributed by atoms with Crippen LogP contribution < -0.4 is 20.1 Å². The number of hydrogen-bond donors (Lipinski definition) is 3. The van der Waals surface area contributed by atoms with Gasteiger partial charge in [0.05, 0.1) is 19.9 Å². The van der Waals surface area contributed by atoms with Gasteiger partial charge in [0.2, 0.25) is 0 Å². The lowest BCUT2D eigenvalue weighted by atomic mass is 10.1. The molecule has 0 fully saturated rings. The fourth-order valence-corrected chi connectivity index (χ4v) is 2.14. The number of rotatable bonds is 6. The van der Waals surface area contributed by atoms with Crippen molar-refractivity contribution in [1.82, 2.24) is 5.32 Å². The Kier molecular flexibility index (Phi) is 6.22. The zero-order chi connectivity index (χ0) is 18.2. The smallest absolute Gasteiger partial charge is 0.313 e. The zero-order valence-corrected chi connectivity index (χ0v) is 14.0. The standard InChI is InChI=1S/C18H20N2O5/c1-24-14-7-8-15(16(11-14)25-2)20-18(23)17(22)19-10-9-12-3-5-13(21)6-4-12/h3-8,11,21H,9-10H2,1-2H3,(H,19,22)(H,20,23). The molecule has 25 heavy (non-hydrogen) atoms. The van der Waals surface area contributed by atoms with Crippen molar-refractivity contribution >= 4 is 17.5 Å². The van der Waals surface area contributed by atoms with Crippen molar-refractivity contribution in [3.05, 3.63) is 48.0 Å². The van der Waals surface area contributed by atoms with Crippen LogP contribution in [0.3, 0.4) is 0 Å². The van der Waals surface area contributed by atoms with Crippen LogP contribution in [0.1, 0.15) is 5.56 Å². The maximum Gasteiger partial charge on any atom is 0.313 e. The van der Waals surface area contributed by atoms with Gasteiger partial charge in [0.25, 0.3) is 0 Å². The van der Waals surface area contributed by atoms with Crippen LogP contribution in [0, 0.1) is 0 Å². The van der Waals surface area contributed by atoms with Gasteiger partial charge in [-0.1, -0.05) is 12.1 Å². The van der Waals surface area contributed by atoms with Crippen molar-refractivity contribution in [3.8, 4) is 17.2 Å². The van der Waals surface area contributed by atoms with Crippen LogP contribution in [0.5, 0.6) is 17.2 Å². The molecule has 2 amide bonds. The number of anilines is 1. The average Bonchev–Trinajstić information content (AvgIpc) is 2.63. The molecule has 2 rings (SSSR count). The van der Waals surface area contributed by atoms with E-state index in [9.17, 15) is 14.7 Å². The number of ether oxygens (including phenoxy) is 2. The second kappa shape index (κ2) is 8.58. The third-order valence-corrected chi connectivity index (χ3v) is 3.50. The Morgan fingerprint density at radius 3 is 2.36 bits per heavy atom. The summed E-state index contributed by atoms with van der Waals surface area (Å²) in [6.45, 7) is 0.302. The molecule has 2 aromatic carbocycles. The van der Waals surface area contributed by atoms with E-state index in [1.807, 2.05) is 0 Å². The van der Waals surface area contributed by atoms with Crippen molar-refractivity contribution in [1.29, 1.82) is 0 Å². The van der Waals surface area contributed by atoms with E-state index in [4.69, 9.17) is 9.47 Å². The van der Waals surface area contributed by atoms with Gasteiger partial charge in [-0.2, -0.15) is 0 Å². The molecule has 0 aliphatic carbocycles. The number of aromatic hydroxyl groups is 1. The third-order valence-electron chi connectivity index (χ3n) is 3.50. The van der Waals surface area contributed by atoms with Gasteiger partial charge in [0, 0.05) is 12.6 Å².